The van der Waals surface area contributed by atoms with Crippen LogP contribution in [0.4, 0.5) is 5.82 Å². The number of anilines is 1. The Hall–Kier alpha value is -2.03. The van der Waals surface area contributed by atoms with E-state index in [1.165, 1.54) is 18.0 Å². The van der Waals surface area contributed by atoms with Crippen molar-refractivity contribution in [1.82, 2.24) is 9.13 Å². The summed E-state index contributed by atoms with van der Waals surface area (Å²) >= 11 is 0. The summed E-state index contributed by atoms with van der Waals surface area (Å²) in [6.45, 7) is 2.15. The van der Waals surface area contributed by atoms with Crippen LogP contribution in [-0.4, -0.2) is 15.2 Å². The summed E-state index contributed by atoms with van der Waals surface area (Å²) in [5.41, 5.74) is -0.950. The van der Waals surface area contributed by atoms with Gasteiger partial charge in [0.25, 0.3) is 5.56 Å². The number of nitrogens with one attached hydrogen (secondary N) is 1. The molecule has 6 heteroatoms. The van der Waals surface area contributed by atoms with Gasteiger partial charge >= 0.3 is 5.69 Å². The molecular formula is C14H20N4O2. The largest absolute Gasteiger partial charge is 0.367 e. The van der Waals surface area contributed by atoms with E-state index >= 15 is 0 Å². The van der Waals surface area contributed by atoms with Gasteiger partial charge in [0, 0.05) is 20.1 Å². The Labute approximate surface area is 117 Å². The Morgan fingerprint density at radius 1 is 1.20 bits per heavy atom. The van der Waals surface area contributed by atoms with Crippen LogP contribution in [0.3, 0.4) is 0 Å². The second-order valence-corrected chi connectivity index (χ2v) is 5.55. The molecule has 6 nitrogen and oxygen atoms in total. The highest BCUT2D eigenvalue weighted by atomic mass is 16.2. The lowest BCUT2D eigenvalue weighted by Gasteiger charge is -2.31. The topological polar surface area (TPSA) is 79.8 Å². The van der Waals surface area contributed by atoms with Crippen molar-refractivity contribution in [2.45, 2.75) is 38.6 Å². The fourth-order valence-corrected chi connectivity index (χ4v) is 2.82. The molecule has 2 atom stereocenters. The van der Waals surface area contributed by atoms with Crippen molar-refractivity contribution in [3.63, 3.8) is 0 Å². The molecule has 1 aromatic heterocycles. The van der Waals surface area contributed by atoms with Gasteiger partial charge in [0.2, 0.25) is 0 Å². The molecule has 0 saturated heterocycles. The third-order valence-electron chi connectivity index (χ3n) is 4.21. The quantitative estimate of drug-likeness (QED) is 0.872. The molecule has 2 unspecified atom stereocenters. The molecule has 1 N–H and O–H groups in total. The van der Waals surface area contributed by atoms with E-state index in [-0.39, 0.29) is 11.6 Å². The predicted octanol–water partition coefficient (Wildman–Crippen LogP) is 0.946. The molecule has 1 aromatic rings. The van der Waals surface area contributed by atoms with Gasteiger partial charge in [0.05, 0.1) is 0 Å². The minimum absolute atomic E-state index is 0.00683. The van der Waals surface area contributed by atoms with Crippen molar-refractivity contribution in [2.24, 2.45) is 20.0 Å². The van der Waals surface area contributed by atoms with Gasteiger partial charge in [-0.1, -0.05) is 19.8 Å². The monoisotopic (exact) mass is 276 g/mol. The van der Waals surface area contributed by atoms with Crippen LogP contribution in [0.2, 0.25) is 0 Å². The Balaban J connectivity index is 2.49. The summed E-state index contributed by atoms with van der Waals surface area (Å²) < 4.78 is 2.31. The van der Waals surface area contributed by atoms with Gasteiger partial charge < -0.3 is 5.32 Å². The van der Waals surface area contributed by atoms with Crippen LogP contribution in [0, 0.1) is 17.2 Å². The molecule has 0 amide bonds. The van der Waals surface area contributed by atoms with Crippen molar-refractivity contribution in [3.05, 3.63) is 26.4 Å². The first-order valence-corrected chi connectivity index (χ1v) is 6.94. The van der Waals surface area contributed by atoms with Crippen molar-refractivity contribution in [1.29, 1.82) is 5.26 Å². The van der Waals surface area contributed by atoms with Crippen molar-refractivity contribution < 1.29 is 0 Å². The molecule has 1 heterocycles. The summed E-state index contributed by atoms with van der Waals surface area (Å²) in [6, 6.07) is 2.12. The van der Waals surface area contributed by atoms with Crippen LogP contribution >= 0.6 is 0 Å². The lowest BCUT2D eigenvalue weighted by Crippen LogP contribution is -2.42. The minimum Gasteiger partial charge on any atom is -0.367 e. The molecule has 1 fully saturated rings. The second kappa shape index (κ2) is 5.53. The average molecular weight is 276 g/mol. The lowest BCUT2D eigenvalue weighted by molar-refractivity contribution is 0.348. The molecule has 20 heavy (non-hydrogen) atoms. The molecule has 2 rings (SSSR count). The number of hydrogen-bond donors (Lipinski definition) is 1. The molecule has 108 valence electrons. The Bertz CT molecular complexity index is 665. The van der Waals surface area contributed by atoms with Gasteiger partial charge in [-0.15, -0.1) is 0 Å². The summed E-state index contributed by atoms with van der Waals surface area (Å²) in [5, 5.41) is 12.5. The number of rotatable bonds is 2. The SMILES string of the molecule is CC1CCCCC1Nc1c(C#N)c(=O)n(C)c(=O)n1C. The second-order valence-electron chi connectivity index (χ2n) is 5.55. The third kappa shape index (κ3) is 2.36. The number of hydrogen-bond acceptors (Lipinski definition) is 4. The van der Waals surface area contributed by atoms with E-state index in [2.05, 4.69) is 12.2 Å². The highest BCUT2D eigenvalue weighted by Crippen LogP contribution is 2.26. The van der Waals surface area contributed by atoms with Gasteiger partial charge in [-0.2, -0.15) is 5.26 Å². The van der Waals surface area contributed by atoms with Crippen LogP contribution in [0.5, 0.6) is 0 Å². The zero-order chi connectivity index (χ0) is 14.9. The number of nitrogens with zero attached hydrogens (tertiary/aromatic N) is 3. The van der Waals surface area contributed by atoms with Gasteiger partial charge in [-0.05, 0) is 18.8 Å². The minimum atomic E-state index is -0.540. The van der Waals surface area contributed by atoms with E-state index in [4.69, 9.17) is 0 Å². The van der Waals surface area contributed by atoms with Gasteiger partial charge in [0.15, 0.2) is 5.56 Å². The van der Waals surface area contributed by atoms with E-state index in [0.717, 1.165) is 23.8 Å². The zero-order valence-electron chi connectivity index (χ0n) is 12.1. The number of nitriles is 1. The molecular weight excluding hydrogens is 256 g/mol. The molecule has 0 bridgehead atoms. The lowest BCUT2D eigenvalue weighted by atomic mass is 9.86. The summed E-state index contributed by atoms with van der Waals surface area (Å²) in [4.78, 5) is 24.0. The van der Waals surface area contributed by atoms with E-state index in [9.17, 15) is 14.9 Å². The van der Waals surface area contributed by atoms with Crippen LogP contribution in [0.1, 0.15) is 38.2 Å². The van der Waals surface area contributed by atoms with E-state index in [1.807, 2.05) is 6.07 Å². The average Bonchev–Trinajstić information content (AvgIpc) is 2.45. The van der Waals surface area contributed by atoms with Crippen LogP contribution in [0.25, 0.3) is 0 Å². The van der Waals surface area contributed by atoms with Crippen molar-refractivity contribution >= 4 is 5.82 Å². The first-order valence-electron chi connectivity index (χ1n) is 6.94. The Morgan fingerprint density at radius 3 is 2.45 bits per heavy atom. The predicted molar refractivity (Wildman–Crippen MR) is 76.7 cm³/mol. The highest BCUT2D eigenvalue weighted by molar-refractivity contribution is 5.51. The Kier molecular flexibility index (Phi) is 3.98. The highest BCUT2D eigenvalue weighted by Gasteiger charge is 2.24. The summed E-state index contributed by atoms with van der Waals surface area (Å²) in [6.07, 6.45) is 4.45. The summed E-state index contributed by atoms with van der Waals surface area (Å²) in [7, 11) is 2.97. The standard InChI is InChI=1S/C14H20N4O2/c1-9-6-4-5-7-11(9)16-12-10(8-15)13(19)18(3)14(20)17(12)2/h9,11,16H,4-7H2,1-3H3. The molecule has 0 aromatic carbocycles. The molecule has 1 aliphatic carbocycles. The van der Waals surface area contributed by atoms with Crippen LogP contribution in [0.15, 0.2) is 9.59 Å². The zero-order valence-corrected chi connectivity index (χ0v) is 12.1. The molecule has 1 aliphatic rings. The maximum absolute atomic E-state index is 12.0. The normalized spacial score (nSPS) is 22.3. The van der Waals surface area contributed by atoms with Crippen molar-refractivity contribution in [2.75, 3.05) is 5.32 Å². The maximum Gasteiger partial charge on any atom is 0.332 e. The fourth-order valence-electron chi connectivity index (χ4n) is 2.82. The van der Waals surface area contributed by atoms with Crippen molar-refractivity contribution in [3.8, 4) is 6.07 Å². The van der Waals surface area contributed by atoms with Crippen LogP contribution < -0.4 is 16.6 Å². The Morgan fingerprint density at radius 2 is 1.85 bits per heavy atom. The van der Waals surface area contributed by atoms with Gasteiger partial charge in [0.1, 0.15) is 11.9 Å². The number of aromatic nitrogens is 2. The van der Waals surface area contributed by atoms with Gasteiger partial charge in [-0.25, -0.2) is 4.79 Å². The fraction of sp³-hybridized carbons (Fsp3) is 0.643. The van der Waals surface area contributed by atoms with E-state index < -0.39 is 11.2 Å². The third-order valence-corrected chi connectivity index (χ3v) is 4.21. The molecule has 1 saturated carbocycles. The van der Waals surface area contributed by atoms with Gasteiger partial charge in [-0.3, -0.25) is 13.9 Å². The first kappa shape index (κ1) is 14.4. The first-order chi connectivity index (χ1) is 9.47. The van der Waals surface area contributed by atoms with E-state index in [0.29, 0.717) is 11.7 Å². The summed E-state index contributed by atoms with van der Waals surface area (Å²) in [5.74, 6) is 0.814. The smallest absolute Gasteiger partial charge is 0.332 e. The van der Waals surface area contributed by atoms with E-state index in [1.54, 1.807) is 7.05 Å². The molecule has 0 aliphatic heterocycles. The molecule has 0 spiro atoms. The maximum atomic E-state index is 12.0. The molecule has 0 radical (unpaired) electrons. The van der Waals surface area contributed by atoms with Crippen LogP contribution in [-0.2, 0) is 14.1 Å².